The molecule has 2 aliphatic heterocycles. The van der Waals surface area contributed by atoms with Gasteiger partial charge in [0.15, 0.2) is 6.04 Å². The Morgan fingerprint density at radius 2 is 1.90 bits per heavy atom. The summed E-state index contributed by atoms with van der Waals surface area (Å²) in [4.78, 5) is 2.38. The first-order valence-electron chi connectivity index (χ1n) is 14.4. The normalized spacial score (nSPS) is 36.6. The first kappa shape index (κ1) is 30.3. The standard InChI is InChI=1S/C26H42N2O7S4/c1-34-19-9-11-22-21(16-19)27(13-5-15-39(31,32)33)24(36-22)17-25-28(12-4-14-35-38(29)30)26-20-7-3-2-6-18(20)8-10-23(26)37-25/h17-23,26H,2-16H2,1H3,(H-,29,30,31,32,33)/p+1. The van der Waals surface area contributed by atoms with Gasteiger partial charge in [0.1, 0.15) is 6.54 Å². The van der Waals surface area contributed by atoms with Gasteiger partial charge in [-0.1, -0.05) is 12.8 Å². The Morgan fingerprint density at radius 3 is 2.67 bits per heavy atom. The number of thioether (sulfide) groups is 2. The summed E-state index contributed by atoms with van der Waals surface area (Å²) < 4.78 is 65.6. The molecule has 5 aliphatic rings. The van der Waals surface area contributed by atoms with Gasteiger partial charge in [-0.15, -0.1) is 11.8 Å². The molecule has 8 unspecified atom stereocenters. The fraction of sp³-hybridized carbons (Fsp3) is 0.885. The van der Waals surface area contributed by atoms with Gasteiger partial charge >= 0.3 is 11.4 Å². The monoisotopic (exact) mass is 623 g/mol. The summed E-state index contributed by atoms with van der Waals surface area (Å²) in [5.74, 6) is 1.26. The molecule has 2 N–H and O–H groups in total. The Labute approximate surface area is 244 Å². The van der Waals surface area contributed by atoms with Crippen molar-refractivity contribution in [2.45, 2.75) is 99.3 Å². The highest BCUT2D eigenvalue weighted by atomic mass is 32.2. The molecule has 0 aromatic carbocycles. The lowest BCUT2D eigenvalue weighted by Gasteiger charge is -2.40. The van der Waals surface area contributed by atoms with Crippen molar-refractivity contribution in [1.29, 1.82) is 0 Å². The van der Waals surface area contributed by atoms with Gasteiger partial charge in [0.2, 0.25) is 5.04 Å². The summed E-state index contributed by atoms with van der Waals surface area (Å²) in [6.45, 7) is 1.63. The van der Waals surface area contributed by atoms with E-state index in [2.05, 4.69) is 15.6 Å². The number of hydrogen-bond donors (Lipinski definition) is 2. The molecule has 0 bridgehead atoms. The van der Waals surface area contributed by atoms with Crippen molar-refractivity contribution in [3.05, 3.63) is 11.1 Å². The SMILES string of the molecule is COC1CCC2SC(=CC3=[N+](CCCOS(=O)O)C4C(CCC5CCCCC54)S3)N(CCCS(=O)(=O)O)C2C1. The molecule has 2 heterocycles. The fourth-order valence-electron chi connectivity index (χ4n) is 7.60. The molecule has 39 heavy (non-hydrogen) atoms. The van der Waals surface area contributed by atoms with E-state index in [4.69, 9.17) is 13.5 Å². The average Bonchev–Trinajstić information content (AvgIpc) is 3.43. The number of hydrogen-bond acceptors (Lipinski definition) is 8. The fourth-order valence-corrected chi connectivity index (χ4v) is 11.5. The zero-order chi connectivity index (χ0) is 27.6. The van der Waals surface area contributed by atoms with Crippen LogP contribution in [0.15, 0.2) is 11.1 Å². The van der Waals surface area contributed by atoms with Crippen molar-refractivity contribution < 1.29 is 35.2 Å². The summed E-state index contributed by atoms with van der Waals surface area (Å²) in [5.41, 5.74) is 0. The van der Waals surface area contributed by atoms with Gasteiger partial charge in [0.05, 0.1) is 28.7 Å². The van der Waals surface area contributed by atoms with E-state index in [0.29, 0.717) is 47.9 Å². The van der Waals surface area contributed by atoms with Gasteiger partial charge in [-0.3, -0.25) is 13.3 Å². The lowest BCUT2D eigenvalue weighted by Crippen LogP contribution is -2.46. The molecule has 0 aromatic heterocycles. The summed E-state index contributed by atoms with van der Waals surface area (Å²) in [6, 6.07) is 0.778. The number of nitrogens with zero attached hydrogens (tertiary/aromatic N) is 2. The number of methoxy groups -OCH3 is 1. The Hall–Kier alpha value is -0.150. The average molecular weight is 624 g/mol. The van der Waals surface area contributed by atoms with Crippen LogP contribution in [0.5, 0.6) is 0 Å². The van der Waals surface area contributed by atoms with Crippen LogP contribution >= 0.6 is 23.5 Å². The predicted octanol–water partition coefficient (Wildman–Crippen LogP) is 4.13. The minimum absolute atomic E-state index is 0.212. The van der Waals surface area contributed by atoms with E-state index in [1.807, 2.05) is 23.5 Å². The van der Waals surface area contributed by atoms with Crippen molar-refractivity contribution in [2.75, 3.05) is 32.6 Å². The van der Waals surface area contributed by atoms with Crippen LogP contribution in [0.25, 0.3) is 0 Å². The van der Waals surface area contributed by atoms with Crippen molar-refractivity contribution in [3.63, 3.8) is 0 Å². The Bertz CT molecular complexity index is 1070. The second-order valence-corrected chi connectivity index (χ2v) is 16.3. The van der Waals surface area contributed by atoms with Crippen LogP contribution in [0.1, 0.15) is 70.6 Å². The van der Waals surface area contributed by atoms with Gasteiger partial charge in [-0.2, -0.15) is 12.6 Å². The molecule has 0 radical (unpaired) electrons. The van der Waals surface area contributed by atoms with Crippen LogP contribution in [-0.4, -0.2) is 97.5 Å². The molecular formula is C26H43N2O7S4+. The Kier molecular flexibility index (Phi) is 10.4. The summed E-state index contributed by atoms with van der Waals surface area (Å²) in [5, 5.41) is 3.47. The molecule has 8 atom stereocenters. The number of ether oxygens (including phenoxy) is 1. The highest BCUT2D eigenvalue weighted by Gasteiger charge is 2.52. The topological polar surface area (TPSA) is 116 Å². The van der Waals surface area contributed by atoms with E-state index in [0.717, 1.165) is 31.7 Å². The van der Waals surface area contributed by atoms with Crippen molar-refractivity contribution in [1.82, 2.24) is 4.90 Å². The van der Waals surface area contributed by atoms with E-state index in [1.165, 1.54) is 48.6 Å². The van der Waals surface area contributed by atoms with Gasteiger partial charge in [-0.25, -0.2) is 4.58 Å². The highest BCUT2D eigenvalue weighted by molar-refractivity contribution is 8.15. The lowest BCUT2D eigenvalue weighted by molar-refractivity contribution is -0.573. The zero-order valence-corrected chi connectivity index (χ0v) is 26.0. The summed E-state index contributed by atoms with van der Waals surface area (Å²) >= 11 is 1.66. The maximum atomic E-state index is 11.5. The Morgan fingerprint density at radius 1 is 1.10 bits per heavy atom. The Balaban J connectivity index is 1.42. The smallest absolute Gasteiger partial charge is 0.301 e. The maximum absolute atomic E-state index is 11.5. The minimum Gasteiger partial charge on any atom is -0.381 e. The van der Waals surface area contributed by atoms with Gasteiger partial charge in [-0.05, 0) is 69.0 Å². The first-order chi connectivity index (χ1) is 18.7. The first-order valence-corrected chi connectivity index (χ1v) is 18.8. The molecule has 4 fully saturated rings. The molecule has 0 amide bonds. The van der Waals surface area contributed by atoms with Crippen molar-refractivity contribution in [2.24, 2.45) is 11.8 Å². The molecule has 0 aromatic rings. The van der Waals surface area contributed by atoms with Crippen LogP contribution in [0.3, 0.4) is 0 Å². The summed E-state index contributed by atoms with van der Waals surface area (Å²) in [7, 11) is -2.23. The molecule has 3 aliphatic carbocycles. The van der Waals surface area contributed by atoms with Gasteiger partial charge < -0.3 is 9.64 Å². The molecule has 3 saturated carbocycles. The second-order valence-electron chi connectivity index (χ2n) is 11.6. The second kappa shape index (κ2) is 13.4. The predicted molar refractivity (Wildman–Crippen MR) is 157 cm³/mol. The molecule has 5 rings (SSSR count). The van der Waals surface area contributed by atoms with E-state index >= 15 is 0 Å². The third-order valence-corrected chi connectivity index (χ3v) is 13.3. The largest absolute Gasteiger partial charge is 0.381 e. The van der Waals surface area contributed by atoms with Gasteiger partial charge in [0, 0.05) is 43.4 Å². The molecule has 1 saturated heterocycles. The molecule has 9 nitrogen and oxygen atoms in total. The number of fused-ring (bicyclic) bond motifs is 4. The molecule has 0 spiro atoms. The van der Waals surface area contributed by atoms with Gasteiger partial charge in [0.25, 0.3) is 10.1 Å². The van der Waals surface area contributed by atoms with E-state index in [1.54, 1.807) is 7.11 Å². The third kappa shape index (κ3) is 7.44. The third-order valence-electron chi connectivity index (χ3n) is 9.30. The van der Waals surface area contributed by atoms with Crippen LogP contribution in [0.4, 0.5) is 0 Å². The number of rotatable bonds is 11. The summed E-state index contributed by atoms with van der Waals surface area (Å²) in [6.07, 6.45) is 14.4. The molecular weight excluding hydrogens is 581 g/mol. The van der Waals surface area contributed by atoms with Crippen LogP contribution in [-0.2, 0) is 30.4 Å². The van der Waals surface area contributed by atoms with Crippen molar-refractivity contribution >= 4 is 50.0 Å². The highest BCUT2D eigenvalue weighted by Crippen LogP contribution is 2.50. The van der Waals surface area contributed by atoms with E-state index in [9.17, 15) is 17.2 Å². The van der Waals surface area contributed by atoms with E-state index < -0.39 is 21.5 Å². The zero-order valence-electron chi connectivity index (χ0n) is 22.7. The van der Waals surface area contributed by atoms with Crippen LogP contribution in [0.2, 0.25) is 0 Å². The van der Waals surface area contributed by atoms with E-state index in [-0.39, 0.29) is 18.5 Å². The van der Waals surface area contributed by atoms with Crippen molar-refractivity contribution in [3.8, 4) is 0 Å². The van der Waals surface area contributed by atoms with Crippen LogP contribution in [0, 0.1) is 11.8 Å². The maximum Gasteiger partial charge on any atom is 0.301 e. The molecule has 222 valence electrons. The lowest BCUT2D eigenvalue weighted by atomic mass is 9.68. The molecule has 13 heteroatoms. The quantitative estimate of drug-likeness (QED) is 0.151. The minimum atomic E-state index is -4.00. The van der Waals surface area contributed by atoms with Crippen LogP contribution < -0.4 is 0 Å².